The van der Waals surface area contributed by atoms with Crippen LogP contribution in [0.4, 0.5) is 14.9 Å². The fourth-order valence-corrected chi connectivity index (χ4v) is 1.15. The lowest BCUT2D eigenvalue weighted by atomic mass is 10.3. The number of alkyl halides is 1. The Kier molecular flexibility index (Phi) is 6.35. The van der Waals surface area contributed by atoms with Gasteiger partial charge in [0.15, 0.2) is 0 Å². The normalized spacial score (nSPS) is 10.0. The van der Waals surface area contributed by atoms with Crippen molar-refractivity contribution in [2.75, 3.05) is 31.0 Å². The molecule has 0 fully saturated rings. The number of anilines is 1. The molecule has 1 rings (SSSR count). The third-order valence-electron chi connectivity index (χ3n) is 1.77. The molecule has 0 spiro atoms. The Hall–Kier alpha value is -1.33. The van der Waals surface area contributed by atoms with Crippen LogP contribution in [-0.2, 0) is 9.47 Å². The summed E-state index contributed by atoms with van der Waals surface area (Å²) in [5.41, 5.74) is 0.470. The summed E-state index contributed by atoms with van der Waals surface area (Å²) >= 11 is 5.39. The van der Waals surface area contributed by atoms with Crippen molar-refractivity contribution in [2.24, 2.45) is 0 Å². The molecular weight excluding hydrogens is 249 g/mol. The van der Waals surface area contributed by atoms with E-state index in [9.17, 15) is 9.18 Å². The highest BCUT2D eigenvalue weighted by Crippen LogP contribution is 2.08. The van der Waals surface area contributed by atoms with E-state index >= 15 is 0 Å². The molecule has 0 saturated carbocycles. The van der Waals surface area contributed by atoms with Crippen molar-refractivity contribution < 1.29 is 18.7 Å². The SMILES string of the molecule is O=C(Nc1ccc(F)cc1)OCCOCCCl. The zero-order valence-electron chi connectivity index (χ0n) is 9.12. The molecule has 0 radical (unpaired) electrons. The van der Waals surface area contributed by atoms with Crippen molar-refractivity contribution >= 4 is 23.4 Å². The van der Waals surface area contributed by atoms with Gasteiger partial charge in [0.1, 0.15) is 12.4 Å². The van der Waals surface area contributed by atoms with Gasteiger partial charge in [-0.05, 0) is 24.3 Å². The van der Waals surface area contributed by atoms with Crippen LogP contribution in [0.5, 0.6) is 0 Å². The third kappa shape index (κ3) is 6.09. The Bertz CT molecular complexity index is 345. The zero-order chi connectivity index (χ0) is 12.5. The smallest absolute Gasteiger partial charge is 0.411 e. The molecule has 1 aromatic rings. The van der Waals surface area contributed by atoms with E-state index in [1.54, 1.807) is 0 Å². The molecule has 1 aromatic carbocycles. The highest BCUT2D eigenvalue weighted by Gasteiger charge is 2.02. The quantitative estimate of drug-likeness (QED) is 0.633. The Labute approximate surface area is 104 Å². The summed E-state index contributed by atoms with van der Waals surface area (Å²) in [6, 6.07) is 5.39. The van der Waals surface area contributed by atoms with Crippen LogP contribution in [0.25, 0.3) is 0 Å². The minimum Gasteiger partial charge on any atom is -0.447 e. The first-order valence-electron chi connectivity index (χ1n) is 5.05. The molecule has 1 amide bonds. The fraction of sp³-hybridized carbons (Fsp3) is 0.364. The first-order valence-corrected chi connectivity index (χ1v) is 5.59. The first-order chi connectivity index (χ1) is 8.22. The van der Waals surface area contributed by atoms with E-state index in [0.717, 1.165) is 0 Å². The maximum absolute atomic E-state index is 12.6. The highest BCUT2D eigenvalue weighted by molar-refractivity contribution is 6.17. The minimum absolute atomic E-state index is 0.143. The second kappa shape index (κ2) is 7.86. The summed E-state index contributed by atoms with van der Waals surface area (Å²) in [7, 11) is 0. The highest BCUT2D eigenvalue weighted by atomic mass is 35.5. The first kappa shape index (κ1) is 13.7. The van der Waals surface area contributed by atoms with Crippen molar-refractivity contribution in [3.63, 3.8) is 0 Å². The maximum Gasteiger partial charge on any atom is 0.411 e. The molecule has 0 saturated heterocycles. The molecule has 1 N–H and O–H groups in total. The van der Waals surface area contributed by atoms with E-state index in [2.05, 4.69) is 5.32 Å². The van der Waals surface area contributed by atoms with Gasteiger partial charge >= 0.3 is 6.09 Å². The van der Waals surface area contributed by atoms with Gasteiger partial charge in [-0.15, -0.1) is 11.6 Å². The van der Waals surface area contributed by atoms with Gasteiger partial charge in [0.05, 0.1) is 13.2 Å². The van der Waals surface area contributed by atoms with Gasteiger partial charge in [-0.25, -0.2) is 9.18 Å². The van der Waals surface area contributed by atoms with E-state index in [-0.39, 0.29) is 12.4 Å². The number of carbonyl (C=O) groups is 1. The standard InChI is InChI=1S/C11H13ClFNO3/c12-5-6-16-7-8-17-11(15)14-10-3-1-9(13)2-4-10/h1-4H,5-8H2,(H,14,15). The van der Waals surface area contributed by atoms with Gasteiger partial charge in [0, 0.05) is 11.6 Å². The van der Waals surface area contributed by atoms with Gasteiger partial charge < -0.3 is 9.47 Å². The molecule has 17 heavy (non-hydrogen) atoms. The third-order valence-corrected chi connectivity index (χ3v) is 1.93. The summed E-state index contributed by atoms with van der Waals surface area (Å²) < 4.78 is 22.4. The van der Waals surface area contributed by atoms with E-state index in [1.807, 2.05) is 0 Å². The molecule has 0 aromatic heterocycles. The van der Waals surface area contributed by atoms with Crippen LogP contribution < -0.4 is 5.32 Å². The van der Waals surface area contributed by atoms with Crippen LogP contribution in [0.3, 0.4) is 0 Å². The number of benzene rings is 1. The van der Waals surface area contributed by atoms with E-state index < -0.39 is 6.09 Å². The average molecular weight is 262 g/mol. The summed E-state index contributed by atoms with van der Waals surface area (Å²) in [4.78, 5) is 11.2. The molecule has 0 aliphatic carbocycles. The maximum atomic E-state index is 12.6. The lowest BCUT2D eigenvalue weighted by molar-refractivity contribution is 0.0859. The van der Waals surface area contributed by atoms with E-state index in [1.165, 1.54) is 24.3 Å². The predicted octanol–water partition coefficient (Wildman–Crippen LogP) is 2.63. The lowest BCUT2D eigenvalue weighted by Crippen LogP contribution is -2.17. The van der Waals surface area contributed by atoms with Crippen molar-refractivity contribution in [2.45, 2.75) is 0 Å². The molecule has 0 aliphatic rings. The summed E-state index contributed by atoms with van der Waals surface area (Å²) in [5.74, 6) is 0.0419. The molecule has 0 unspecified atom stereocenters. The van der Waals surface area contributed by atoms with Crippen molar-refractivity contribution in [1.82, 2.24) is 0 Å². The molecule has 4 nitrogen and oxygen atoms in total. The lowest BCUT2D eigenvalue weighted by Gasteiger charge is -2.06. The van der Waals surface area contributed by atoms with Crippen LogP contribution in [0.1, 0.15) is 0 Å². The van der Waals surface area contributed by atoms with Crippen molar-refractivity contribution in [1.29, 1.82) is 0 Å². The Balaban J connectivity index is 2.18. The second-order valence-electron chi connectivity index (χ2n) is 3.07. The summed E-state index contributed by atoms with van der Waals surface area (Å²) in [5, 5.41) is 2.45. The number of amides is 1. The van der Waals surface area contributed by atoms with Crippen LogP contribution in [0.15, 0.2) is 24.3 Å². The van der Waals surface area contributed by atoms with E-state index in [0.29, 0.717) is 24.8 Å². The molecule has 6 heteroatoms. The molecule has 0 heterocycles. The van der Waals surface area contributed by atoms with Gasteiger partial charge in [0.25, 0.3) is 0 Å². The van der Waals surface area contributed by atoms with Crippen molar-refractivity contribution in [3.05, 3.63) is 30.1 Å². The molecule has 0 aliphatic heterocycles. The van der Waals surface area contributed by atoms with Crippen LogP contribution in [0, 0.1) is 5.82 Å². The zero-order valence-corrected chi connectivity index (χ0v) is 9.87. The van der Waals surface area contributed by atoms with Gasteiger partial charge in [-0.1, -0.05) is 0 Å². The van der Waals surface area contributed by atoms with E-state index in [4.69, 9.17) is 21.1 Å². The number of ether oxygens (including phenoxy) is 2. The number of halogens is 2. The Morgan fingerprint density at radius 1 is 1.24 bits per heavy atom. The molecule has 0 atom stereocenters. The van der Waals surface area contributed by atoms with Gasteiger partial charge in [-0.2, -0.15) is 0 Å². The van der Waals surface area contributed by atoms with Crippen molar-refractivity contribution in [3.8, 4) is 0 Å². The topological polar surface area (TPSA) is 47.6 Å². The number of carbonyl (C=O) groups excluding carboxylic acids is 1. The number of nitrogens with one attached hydrogen (secondary N) is 1. The largest absolute Gasteiger partial charge is 0.447 e. The fourth-order valence-electron chi connectivity index (χ4n) is 1.04. The Morgan fingerprint density at radius 3 is 2.59 bits per heavy atom. The minimum atomic E-state index is -0.605. The number of hydrogen-bond donors (Lipinski definition) is 1. The molecular formula is C11H13ClFNO3. The predicted molar refractivity (Wildman–Crippen MR) is 62.9 cm³/mol. The average Bonchev–Trinajstić information content (AvgIpc) is 2.32. The summed E-state index contributed by atoms with van der Waals surface area (Å²) in [6.07, 6.45) is -0.605. The van der Waals surface area contributed by atoms with Gasteiger partial charge in [-0.3, -0.25) is 5.32 Å². The van der Waals surface area contributed by atoms with Gasteiger partial charge in [0.2, 0.25) is 0 Å². The monoisotopic (exact) mass is 261 g/mol. The number of rotatable bonds is 6. The molecule has 0 bridgehead atoms. The van der Waals surface area contributed by atoms with Crippen LogP contribution in [-0.4, -0.2) is 31.8 Å². The summed E-state index contributed by atoms with van der Waals surface area (Å²) in [6.45, 7) is 0.859. The van der Waals surface area contributed by atoms with Crippen LogP contribution >= 0.6 is 11.6 Å². The molecule has 94 valence electrons. The second-order valence-corrected chi connectivity index (χ2v) is 3.45. The Morgan fingerprint density at radius 2 is 1.94 bits per heavy atom. The van der Waals surface area contributed by atoms with Crippen LogP contribution in [0.2, 0.25) is 0 Å². The number of hydrogen-bond acceptors (Lipinski definition) is 3.